The van der Waals surface area contributed by atoms with Crippen LogP contribution >= 0.6 is 11.6 Å². The summed E-state index contributed by atoms with van der Waals surface area (Å²) in [6.45, 7) is 2.27. The van der Waals surface area contributed by atoms with E-state index in [4.69, 9.17) is 16.0 Å². The van der Waals surface area contributed by atoms with E-state index >= 15 is 0 Å². The number of aromatic nitrogens is 3. The molecule has 1 aliphatic rings. The topological polar surface area (TPSA) is 87.1 Å². The molecule has 2 aromatic heterocycles. The summed E-state index contributed by atoms with van der Waals surface area (Å²) < 4.78 is 5.87. The number of amides is 1. The summed E-state index contributed by atoms with van der Waals surface area (Å²) in [5.74, 6) is 0.384. The zero-order valence-electron chi connectivity index (χ0n) is 14.9. The minimum Gasteiger partial charge on any atom is -0.423 e. The second-order valence-corrected chi connectivity index (χ2v) is 7.38. The van der Waals surface area contributed by atoms with Gasteiger partial charge in [-0.25, -0.2) is 4.98 Å². The maximum atomic E-state index is 12.3. The molecule has 1 atom stereocenters. The summed E-state index contributed by atoms with van der Waals surface area (Å²) in [7, 11) is 0. The molecule has 1 fully saturated rings. The Kier molecular flexibility index (Phi) is 5.29. The van der Waals surface area contributed by atoms with E-state index in [1.165, 1.54) is 0 Å². The predicted molar refractivity (Wildman–Crippen MR) is 104 cm³/mol. The van der Waals surface area contributed by atoms with E-state index in [1.54, 1.807) is 18.6 Å². The zero-order chi connectivity index (χ0) is 18.6. The molecule has 1 aliphatic heterocycles. The van der Waals surface area contributed by atoms with Crippen LogP contribution < -0.4 is 10.2 Å². The molecule has 3 heterocycles. The molecule has 0 aliphatic carbocycles. The average molecular weight is 388 g/mol. The zero-order valence-corrected chi connectivity index (χ0v) is 15.7. The number of rotatable bonds is 6. The van der Waals surface area contributed by atoms with Gasteiger partial charge in [0.15, 0.2) is 5.58 Å². The van der Waals surface area contributed by atoms with Gasteiger partial charge in [-0.2, -0.15) is 4.98 Å². The van der Waals surface area contributed by atoms with Crippen LogP contribution in [-0.4, -0.2) is 40.5 Å². The third-order valence-corrected chi connectivity index (χ3v) is 5.11. The van der Waals surface area contributed by atoms with E-state index in [0.717, 1.165) is 43.6 Å². The standard InChI is InChI=1S/C19H22ClN5O2/c20-14-3-4-16-17(9-14)27-19(24-16)25-7-1-2-13(11-25)8-18(26)22-6-5-15-10-21-12-23-15/h3-4,9-10,12-13H,1-2,5-8,11H2,(H,21,23)(H,22,26). The summed E-state index contributed by atoms with van der Waals surface area (Å²) in [5, 5.41) is 3.62. The SMILES string of the molecule is O=C(CC1CCCN(c2nc3ccc(Cl)cc3o2)C1)NCCc1cnc[nH]1. The minimum atomic E-state index is 0.0886. The molecule has 1 unspecified atom stereocenters. The molecule has 142 valence electrons. The number of fused-ring (bicyclic) bond motifs is 1. The fourth-order valence-corrected chi connectivity index (χ4v) is 3.68. The summed E-state index contributed by atoms with van der Waals surface area (Å²) in [4.78, 5) is 25.9. The lowest BCUT2D eigenvalue weighted by Gasteiger charge is -2.31. The number of hydrogen-bond acceptors (Lipinski definition) is 5. The molecule has 0 bridgehead atoms. The van der Waals surface area contributed by atoms with Crippen molar-refractivity contribution in [3.05, 3.63) is 41.4 Å². The number of aromatic amines is 1. The Hall–Kier alpha value is -2.54. The van der Waals surface area contributed by atoms with Crippen LogP contribution in [0.25, 0.3) is 11.1 Å². The van der Waals surface area contributed by atoms with Gasteiger partial charge in [0.1, 0.15) is 5.52 Å². The number of hydrogen-bond donors (Lipinski definition) is 2. The first kappa shape index (κ1) is 17.9. The van der Waals surface area contributed by atoms with Crippen molar-refractivity contribution in [1.29, 1.82) is 0 Å². The van der Waals surface area contributed by atoms with Crippen molar-refractivity contribution < 1.29 is 9.21 Å². The number of carbonyl (C=O) groups is 1. The van der Waals surface area contributed by atoms with Gasteiger partial charge in [0.2, 0.25) is 5.91 Å². The van der Waals surface area contributed by atoms with E-state index in [1.807, 2.05) is 12.1 Å². The number of anilines is 1. The van der Waals surface area contributed by atoms with Gasteiger partial charge in [0.25, 0.3) is 6.01 Å². The molecule has 7 nitrogen and oxygen atoms in total. The number of imidazole rings is 1. The van der Waals surface area contributed by atoms with Crippen LogP contribution in [0.4, 0.5) is 6.01 Å². The number of H-pyrrole nitrogens is 1. The summed E-state index contributed by atoms with van der Waals surface area (Å²) in [5.41, 5.74) is 2.51. The van der Waals surface area contributed by atoms with Gasteiger partial charge in [-0.1, -0.05) is 11.6 Å². The van der Waals surface area contributed by atoms with E-state index in [0.29, 0.717) is 35.5 Å². The quantitative estimate of drug-likeness (QED) is 0.678. The molecule has 27 heavy (non-hydrogen) atoms. The molecular weight excluding hydrogens is 366 g/mol. The van der Waals surface area contributed by atoms with Gasteiger partial charge in [-0.05, 0) is 30.9 Å². The average Bonchev–Trinajstić information content (AvgIpc) is 3.31. The number of nitrogens with one attached hydrogen (secondary N) is 2. The monoisotopic (exact) mass is 387 g/mol. The maximum Gasteiger partial charge on any atom is 0.298 e. The molecule has 0 radical (unpaired) electrons. The fraction of sp³-hybridized carbons (Fsp3) is 0.421. The highest BCUT2D eigenvalue weighted by molar-refractivity contribution is 6.31. The summed E-state index contributed by atoms with van der Waals surface area (Å²) >= 11 is 6.02. The van der Waals surface area contributed by atoms with Gasteiger partial charge in [-0.15, -0.1) is 0 Å². The van der Waals surface area contributed by atoms with Crippen molar-refractivity contribution in [2.75, 3.05) is 24.5 Å². The summed E-state index contributed by atoms with van der Waals surface area (Å²) in [6.07, 6.45) is 6.76. The smallest absolute Gasteiger partial charge is 0.298 e. The normalized spacial score (nSPS) is 17.4. The van der Waals surface area contributed by atoms with E-state index in [-0.39, 0.29) is 5.91 Å². The number of nitrogens with zero attached hydrogens (tertiary/aromatic N) is 3. The highest BCUT2D eigenvalue weighted by Gasteiger charge is 2.25. The van der Waals surface area contributed by atoms with Crippen LogP contribution in [0.3, 0.4) is 0 Å². The Labute approximate surface area is 162 Å². The van der Waals surface area contributed by atoms with Crippen LogP contribution in [-0.2, 0) is 11.2 Å². The minimum absolute atomic E-state index is 0.0886. The largest absolute Gasteiger partial charge is 0.423 e. The summed E-state index contributed by atoms with van der Waals surface area (Å²) in [6, 6.07) is 6.06. The van der Waals surface area contributed by atoms with Gasteiger partial charge < -0.3 is 19.6 Å². The van der Waals surface area contributed by atoms with Crippen LogP contribution in [0.1, 0.15) is 25.0 Å². The van der Waals surface area contributed by atoms with Crippen molar-refractivity contribution in [3.63, 3.8) is 0 Å². The number of oxazole rings is 1. The fourth-order valence-electron chi connectivity index (χ4n) is 3.52. The molecular formula is C19H22ClN5O2. The number of carbonyl (C=O) groups excluding carboxylic acids is 1. The first-order chi connectivity index (χ1) is 13.2. The molecule has 3 aromatic rings. The van der Waals surface area contributed by atoms with Crippen molar-refractivity contribution in [1.82, 2.24) is 20.3 Å². The van der Waals surface area contributed by atoms with E-state index in [9.17, 15) is 4.79 Å². The van der Waals surface area contributed by atoms with Gasteiger partial charge in [0.05, 0.1) is 6.33 Å². The van der Waals surface area contributed by atoms with Gasteiger partial charge in [-0.3, -0.25) is 4.79 Å². The molecule has 4 rings (SSSR count). The van der Waals surface area contributed by atoms with Gasteiger partial charge in [0, 0.05) is 55.5 Å². The molecule has 1 saturated heterocycles. The Morgan fingerprint density at radius 1 is 1.44 bits per heavy atom. The number of benzene rings is 1. The van der Waals surface area contributed by atoms with Crippen molar-refractivity contribution >= 4 is 34.6 Å². The molecule has 2 N–H and O–H groups in total. The molecule has 0 saturated carbocycles. The van der Waals surface area contributed by atoms with Gasteiger partial charge >= 0.3 is 0 Å². The second kappa shape index (κ2) is 8.00. The molecule has 8 heteroatoms. The molecule has 0 spiro atoms. The van der Waals surface area contributed by atoms with E-state index in [2.05, 4.69) is 25.2 Å². The highest BCUT2D eigenvalue weighted by atomic mass is 35.5. The third kappa shape index (κ3) is 4.42. The highest BCUT2D eigenvalue weighted by Crippen LogP contribution is 2.28. The van der Waals surface area contributed by atoms with Crippen LogP contribution in [0.15, 0.2) is 35.1 Å². The second-order valence-electron chi connectivity index (χ2n) is 6.94. The van der Waals surface area contributed by atoms with Crippen molar-refractivity contribution in [3.8, 4) is 0 Å². The Morgan fingerprint density at radius 3 is 3.22 bits per heavy atom. The third-order valence-electron chi connectivity index (χ3n) is 4.87. The molecule has 1 amide bonds. The van der Waals surface area contributed by atoms with Crippen molar-refractivity contribution in [2.24, 2.45) is 5.92 Å². The van der Waals surface area contributed by atoms with Crippen LogP contribution in [0.2, 0.25) is 5.02 Å². The first-order valence-corrected chi connectivity index (χ1v) is 9.60. The van der Waals surface area contributed by atoms with E-state index < -0.39 is 0 Å². The number of piperidine rings is 1. The predicted octanol–water partition coefficient (Wildman–Crippen LogP) is 3.17. The lowest BCUT2D eigenvalue weighted by molar-refractivity contribution is -0.122. The Bertz CT molecular complexity index is 908. The lowest BCUT2D eigenvalue weighted by Crippen LogP contribution is -2.38. The molecule has 1 aromatic carbocycles. The van der Waals surface area contributed by atoms with Crippen LogP contribution in [0.5, 0.6) is 0 Å². The Balaban J connectivity index is 1.31. The Morgan fingerprint density at radius 2 is 2.37 bits per heavy atom. The van der Waals surface area contributed by atoms with Crippen LogP contribution in [0, 0.1) is 5.92 Å². The number of halogens is 1. The maximum absolute atomic E-state index is 12.3. The lowest BCUT2D eigenvalue weighted by atomic mass is 9.94. The first-order valence-electron chi connectivity index (χ1n) is 9.22. The van der Waals surface area contributed by atoms with Crippen molar-refractivity contribution in [2.45, 2.75) is 25.7 Å².